The molecule has 4 heteroatoms. The van der Waals surface area contributed by atoms with Gasteiger partial charge in [-0.3, -0.25) is 4.79 Å². The summed E-state index contributed by atoms with van der Waals surface area (Å²) in [6.45, 7) is 2.18. The van der Waals surface area contributed by atoms with Gasteiger partial charge in [-0.05, 0) is 25.0 Å². The number of nitrogens with one attached hydrogen (secondary N) is 1. The molecule has 1 aromatic rings. The fourth-order valence-corrected chi connectivity index (χ4v) is 1.75. The molecule has 0 saturated heterocycles. The molecular formula is C12H16N2O2. The first-order valence-corrected chi connectivity index (χ1v) is 5.43. The van der Waals surface area contributed by atoms with Gasteiger partial charge in [-0.15, -0.1) is 0 Å². The lowest BCUT2D eigenvalue weighted by Crippen LogP contribution is -2.48. The van der Waals surface area contributed by atoms with E-state index in [0.29, 0.717) is 6.61 Å². The zero-order valence-corrected chi connectivity index (χ0v) is 9.27. The molecule has 1 amide bonds. The van der Waals surface area contributed by atoms with Gasteiger partial charge in [-0.2, -0.15) is 0 Å². The molecule has 16 heavy (non-hydrogen) atoms. The Balaban J connectivity index is 2.00. The highest BCUT2D eigenvalue weighted by molar-refractivity contribution is 5.81. The SMILES string of the molecule is C[C@@H](N)C(=O)NC1COc2ccccc2C1. The lowest BCUT2D eigenvalue weighted by molar-refractivity contribution is -0.123. The van der Waals surface area contributed by atoms with Crippen molar-refractivity contribution in [2.24, 2.45) is 5.73 Å². The topological polar surface area (TPSA) is 64.4 Å². The summed E-state index contributed by atoms with van der Waals surface area (Å²) in [6, 6.07) is 7.42. The van der Waals surface area contributed by atoms with E-state index in [1.807, 2.05) is 24.3 Å². The molecule has 86 valence electrons. The normalized spacial score (nSPS) is 20.5. The second kappa shape index (κ2) is 4.53. The Bertz CT molecular complexity index is 390. The fraction of sp³-hybridized carbons (Fsp3) is 0.417. The number of hydrogen-bond acceptors (Lipinski definition) is 3. The van der Waals surface area contributed by atoms with Crippen molar-refractivity contribution in [3.05, 3.63) is 29.8 Å². The molecule has 2 rings (SSSR count). The molecule has 2 atom stereocenters. The summed E-state index contributed by atoms with van der Waals surface area (Å²) in [5.41, 5.74) is 6.62. The highest BCUT2D eigenvalue weighted by Gasteiger charge is 2.21. The number of fused-ring (bicyclic) bond motifs is 1. The number of benzene rings is 1. The van der Waals surface area contributed by atoms with Crippen molar-refractivity contribution in [3.8, 4) is 5.75 Å². The van der Waals surface area contributed by atoms with Crippen LogP contribution in [0.25, 0.3) is 0 Å². The molecule has 0 spiro atoms. The first kappa shape index (κ1) is 11.0. The van der Waals surface area contributed by atoms with Crippen molar-refractivity contribution < 1.29 is 9.53 Å². The van der Waals surface area contributed by atoms with Crippen molar-refractivity contribution >= 4 is 5.91 Å². The Morgan fingerprint density at radius 2 is 2.31 bits per heavy atom. The summed E-state index contributed by atoms with van der Waals surface area (Å²) in [4.78, 5) is 11.4. The number of nitrogens with two attached hydrogens (primary N) is 1. The van der Waals surface area contributed by atoms with E-state index >= 15 is 0 Å². The van der Waals surface area contributed by atoms with Crippen LogP contribution in [-0.4, -0.2) is 24.6 Å². The number of amides is 1. The summed E-state index contributed by atoms with van der Waals surface area (Å²) in [5, 5.41) is 2.87. The van der Waals surface area contributed by atoms with Crippen LogP contribution in [0.2, 0.25) is 0 Å². The van der Waals surface area contributed by atoms with Gasteiger partial charge in [0.15, 0.2) is 0 Å². The molecule has 1 aliphatic rings. The molecule has 0 bridgehead atoms. The van der Waals surface area contributed by atoms with Crippen molar-refractivity contribution in [2.45, 2.75) is 25.4 Å². The van der Waals surface area contributed by atoms with E-state index in [1.54, 1.807) is 6.92 Å². The van der Waals surface area contributed by atoms with Crippen LogP contribution >= 0.6 is 0 Å². The molecule has 0 aromatic heterocycles. The summed E-state index contributed by atoms with van der Waals surface area (Å²) >= 11 is 0. The van der Waals surface area contributed by atoms with Crippen molar-refractivity contribution in [1.29, 1.82) is 0 Å². The third-order valence-electron chi connectivity index (χ3n) is 2.64. The predicted molar refractivity (Wildman–Crippen MR) is 61.2 cm³/mol. The van der Waals surface area contributed by atoms with E-state index in [1.165, 1.54) is 0 Å². The summed E-state index contributed by atoms with van der Waals surface area (Å²) in [6.07, 6.45) is 0.800. The zero-order chi connectivity index (χ0) is 11.5. The fourth-order valence-electron chi connectivity index (χ4n) is 1.75. The molecule has 1 aromatic carbocycles. The van der Waals surface area contributed by atoms with Gasteiger partial charge in [-0.1, -0.05) is 18.2 Å². The highest BCUT2D eigenvalue weighted by atomic mass is 16.5. The molecule has 4 nitrogen and oxygen atoms in total. The van der Waals surface area contributed by atoms with Gasteiger partial charge >= 0.3 is 0 Å². The maximum Gasteiger partial charge on any atom is 0.236 e. The van der Waals surface area contributed by atoms with E-state index in [0.717, 1.165) is 17.7 Å². The number of ether oxygens (including phenoxy) is 1. The largest absolute Gasteiger partial charge is 0.491 e. The van der Waals surface area contributed by atoms with Crippen molar-refractivity contribution in [3.63, 3.8) is 0 Å². The predicted octanol–water partition coefficient (Wildman–Crippen LogP) is 0.454. The Hall–Kier alpha value is -1.55. The van der Waals surface area contributed by atoms with Gasteiger partial charge in [-0.25, -0.2) is 0 Å². The minimum absolute atomic E-state index is 0.0217. The molecule has 0 radical (unpaired) electrons. The van der Waals surface area contributed by atoms with Gasteiger partial charge in [0.1, 0.15) is 12.4 Å². The number of carbonyl (C=O) groups is 1. The van der Waals surface area contributed by atoms with E-state index < -0.39 is 6.04 Å². The summed E-state index contributed by atoms with van der Waals surface area (Å²) in [5.74, 6) is 0.779. The van der Waals surface area contributed by atoms with Crippen LogP contribution in [0, 0.1) is 0 Å². The average Bonchev–Trinajstić information content (AvgIpc) is 2.28. The minimum atomic E-state index is -0.475. The number of rotatable bonds is 2. The molecular weight excluding hydrogens is 204 g/mol. The van der Waals surface area contributed by atoms with Crippen LogP contribution in [0.5, 0.6) is 5.75 Å². The average molecular weight is 220 g/mol. The lowest BCUT2D eigenvalue weighted by atomic mass is 10.0. The first-order valence-electron chi connectivity index (χ1n) is 5.43. The second-order valence-corrected chi connectivity index (χ2v) is 4.12. The maximum atomic E-state index is 11.4. The van der Waals surface area contributed by atoms with Crippen molar-refractivity contribution in [1.82, 2.24) is 5.32 Å². The zero-order valence-electron chi connectivity index (χ0n) is 9.27. The van der Waals surface area contributed by atoms with Crippen LogP contribution in [0.15, 0.2) is 24.3 Å². The molecule has 0 saturated carbocycles. The van der Waals surface area contributed by atoms with Crippen LogP contribution in [0.4, 0.5) is 0 Å². The van der Waals surface area contributed by atoms with Gasteiger partial charge in [0.05, 0.1) is 12.1 Å². The molecule has 0 aliphatic carbocycles. The Morgan fingerprint density at radius 3 is 3.06 bits per heavy atom. The van der Waals surface area contributed by atoms with E-state index in [-0.39, 0.29) is 11.9 Å². The van der Waals surface area contributed by atoms with Crippen LogP contribution in [0.1, 0.15) is 12.5 Å². The van der Waals surface area contributed by atoms with Gasteiger partial charge in [0.2, 0.25) is 5.91 Å². The van der Waals surface area contributed by atoms with Gasteiger partial charge in [0, 0.05) is 0 Å². The third kappa shape index (κ3) is 2.33. The second-order valence-electron chi connectivity index (χ2n) is 4.12. The van der Waals surface area contributed by atoms with Crippen LogP contribution in [-0.2, 0) is 11.2 Å². The monoisotopic (exact) mass is 220 g/mol. The minimum Gasteiger partial charge on any atom is -0.491 e. The third-order valence-corrected chi connectivity index (χ3v) is 2.64. The Labute approximate surface area is 94.8 Å². The highest BCUT2D eigenvalue weighted by Crippen LogP contribution is 2.23. The first-order chi connectivity index (χ1) is 7.66. The number of carbonyl (C=O) groups excluding carboxylic acids is 1. The van der Waals surface area contributed by atoms with E-state index in [2.05, 4.69) is 5.32 Å². The van der Waals surface area contributed by atoms with E-state index in [9.17, 15) is 4.79 Å². The maximum absolute atomic E-state index is 11.4. The Morgan fingerprint density at radius 1 is 1.56 bits per heavy atom. The lowest BCUT2D eigenvalue weighted by Gasteiger charge is -2.26. The van der Waals surface area contributed by atoms with Gasteiger partial charge < -0.3 is 15.8 Å². The molecule has 3 N–H and O–H groups in total. The molecule has 0 fully saturated rings. The van der Waals surface area contributed by atoms with E-state index in [4.69, 9.17) is 10.5 Å². The number of hydrogen-bond donors (Lipinski definition) is 2. The van der Waals surface area contributed by atoms with Crippen LogP contribution < -0.4 is 15.8 Å². The standard InChI is InChI=1S/C12H16N2O2/c1-8(13)12(15)14-10-6-9-4-2-3-5-11(9)16-7-10/h2-5,8,10H,6-7,13H2,1H3,(H,14,15)/t8-,10?/m1/s1. The van der Waals surface area contributed by atoms with Crippen LogP contribution in [0.3, 0.4) is 0 Å². The summed E-state index contributed by atoms with van der Waals surface area (Å²) < 4.78 is 5.56. The number of para-hydroxylation sites is 1. The quantitative estimate of drug-likeness (QED) is 0.760. The summed E-state index contributed by atoms with van der Waals surface area (Å²) in [7, 11) is 0. The van der Waals surface area contributed by atoms with Crippen molar-refractivity contribution in [2.75, 3.05) is 6.61 Å². The van der Waals surface area contributed by atoms with Gasteiger partial charge in [0.25, 0.3) is 0 Å². The molecule has 1 unspecified atom stereocenters. The smallest absolute Gasteiger partial charge is 0.236 e. The molecule has 1 aliphatic heterocycles. The Kier molecular flexibility index (Phi) is 3.10. The molecule has 1 heterocycles.